The van der Waals surface area contributed by atoms with Crippen molar-refractivity contribution in [2.45, 2.75) is 32.0 Å². The standard InChI is InChI=1S/C21H25NO2/c1-4-15-22(16(2)18-11-7-5-8-12-18)20(21(24)17(3)23)19-13-9-6-10-14-19/h4-14,16,20-21,24H,1,15H2,2-3H3/t16-,20?,21?/m1/s1. The van der Waals surface area contributed by atoms with Gasteiger partial charge in [-0.2, -0.15) is 0 Å². The molecule has 0 saturated carbocycles. The van der Waals surface area contributed by atoms with Gasteiger partial charge in [-0.3, -0.25) is 9.69 Å². The van der Waals surface area contributed by atoms with Crippen molar-refractivity contribution in [2.75, 3.05) is 6.54 Å². The third kappa shape index (κ3) is 4.19. The molecule has 24 heavy (non-hydrogen) atoms. The van der Waals surface area contributed by atoms with Crippen LogP contribution in [-0.2, 0) is 4.79 Å². The Hall–Kier alpha value is -2.23. The number of rotatable bonds is 8. The lowest BCUT2D eigenvalue weighted by Crippen LogP contribution is -2.41. The van der Waals surface area contributed by atoms with E-state index in [0.29, 0.717) is 6.54 Å². The highest BCUT2D eigenvalue weighted by molar-refractivity contribution is 5.81. The van der Waals surface area contributed by atoms with Gasteiger partial charge in [0.1, 0.15) is 6.10 Å². The third-order valence-electron chi connectivity index (χ3n) is 4.33. The van der Waals surface area contributed by atoms with Crippen LogP contribution < -0.4 is 0 Å². The van der Waals surface area contributed by atoms with E-state index < -0.39 is 12.1 Å². The van der Waals surface area contributed by atoms with Crippen LogP contribution in [0.15, 0.2) is 73.3 Å². The number of benzene rings is 2. The molecule has 0 radical (unpaired) electrons. The summed E-state index contributed by atoms with van der Waals surface area (Å²) in [7, 11) is 0. The van der Waals surface area contributed by atoms with E-state index in [-0.39, 0.29) is 11.8 Å². The maximum atomic E-state index is 11.9. The fraction of sp³-hybridized carbons (Fsp3) is 0.286. The summed E-state index contributed by atoms with van der Waals surface area (Å²) >= 11 is 0. The normalized spacial score (nSPS) is 14.8. The van der Waals surface area contributed by atoms with Gasteiger partial charge in [0.25, 0.3) is 0 Å². The lowest BCUT2D eigenvalue weighted by atomic mass is 9.94. The number of aliphatic hydroxyl groups is 1. The zero-order chi connectivity index (χ0) is 17.5. The first-order valence-electron chi connectivity index (χ1n) is 8.21. The number of nitrogens with zero attached hydrogens (tertiary/aromatic N) is 1. The molecule has 2 rings (SSSR count). The second-order valence-electron chi connectivity index (χ2n) is 5.98. The van der Waals surface area contributed by atoms with Crippen LogP contribution in [0.25, 0.3) is 0 Å². The van der Waals surface area contributed by atoms with Crippen LogP contribution in [0.3, 0.4) is 0 Å². The molecule has 0 fully saturated rings. The van der Waals surface area contributed by atoms with Gasteiger partial charge in [0.15, 0.2) is 5.78 Å². The highest BCUT2D eigenvalue weighted by atomic mass is 16.3. The Morgan fingerprint density at radius 3 is 2.04 bits per heavy atom. The lowest BCUT2D eigenvalue weighted by molar-refractivity contribution is -0.129. The minimum Gasteiger partial charge on any atom is -0.383 e. The predicted octanol–water partition coefficient (Wildman–Crippen LogP) is 3.93. The molecular formula is C21H25NO2. The van der Waals surface area contributed by atoms with E-state index >= 15 is 0 Å². The summed E-state index contributed by atoms with van der Waals surface area (Å²) < 4.78 is 0. The molecule has 0 heterocycles. The molecule has 2 unspecified atom stereocenters. The first-order chi connectivity index (χ1) is 11.6. The average molecular weight is 323 g/mol. The molecule has 0 aliphatic rings. The second-order valence-corrected chi connectivity index (χ2v) is 5.98. The number of carbonyl (C=O) groups is 1. The topological polar surface area (TPSA) is 40.5 Å². The molecule has 0 spiro atoms. The highest BCUT2D eigenvalue weighted by Crippen LogP contribution is 2.33. The average Bonchev–Trinajstić information content (AvgIpc) is 2.62. The van der Waals surface area contributed by atoms with Crippen molar-refractivity contribution in [2.24, 2.45) is 0 Å². The Bertz CT molecular complexity index is 654. The van der Waals surface area contributed by atoms with Gasteiger partial charge in [-0.15, -0.1) is 6.58 Å². The Morgan fingerprint density at radius 2 is 1.58 bits per heavy atom. The number of ketones is 1. The number of hydrogen-bond acceptors (Lipinski definition) is 3. The molecule has 2 aromatic carbocycles. The Morgan fingerprint density at radius 1 is 1.08 bits per heavy atom. The van der Waals surface area contributed by atoms with E-state index in [1.54, 1.807) is 0 Å². The van der Waals surface area contributed by atoms with E-state index in [9.17, 15) is 9.90 Å². The third-order valence-corrected chi connectivity index (χ3v) is 4.33. The Balaban J connectivity index is 2.45. The molecule has 0 aromatic heterocycles. The van der Waals surface area contributed by atoms with Crippen LogP contribution in [0.5, 0.6) is 0 Å². The van der Waals surface area contributed by atoms with Gasteiger partial charge in [0.2, 0.25) is 0 Å². The first kappa shape index (κ1) is 18.1. The van der Waals surface area contributed by atoms with Crippen molar-refractivity contribution in [3.05, 3.63) is 84.4 Å². The largest absolute Gasteiger partial charge is 0.383 e. The van der Waals surface area contributed by atoms with Crippen molar-refractivity contribution in [1.29, 1.82) is 0 Å². The summed E-state index contributed by atoms with van der Waals surface area (Å²) in [6.07, 6.45) is 0.723. The van der Waals surface area contributed by atoms with Gasteiger partial charge < -0.3 is 5.11 Å². The van der Waals surface area contributed by atoms with Crippen LogP contribution in [0.4, 0.5) is 0 Å². The quantitative estimate of drug-likeness (QED) is 0.748. The van der Waals surface area contributed by atoms with Crippen LogP contribution >= 0.6 is 0 Å². The zero-order valence-corrected chi connectivity index (χ0v) is 14.3. The van der Waals surface area contributed by atoms with E-state index in [1.165, 1.54) is 6.92 Å². The second kappa shape index (κ2) is 8.57. The van der Waals surface area contributed by atoms with E-state index in [1.807, 2.05) is 54.6 Å². The minimum absolute atomic E-state index is 0.0309. The molecule has 3 atom stereocenters. The van der Waals surface area contributed by atoms with Gasteiger partial charge >= 0.3 is 0 Å². The molecule has 3 heteroatoms. The van der Waals surface area contributed by atoms with Crippen LogP contribution in [-0.4, -0.2) is 28.4 Å². The van der Waals surface area contributed by atoms with Crippen molar-refractivity contribution < 1.29 is 9.90 Å². The fourth-order valence-corrected chi connectivity index (χ4v) is 3.01. The molecule has 1 N–H and O–H groups in total. The lowest BCUT2D eigenvalue weighted by Gasteiger charge is -2.38. The van der Waals surface area contributed by atoms with Crippen molar-refractivity contribution in [1.82, 2.24) is 4.90 Å². The summed E-state index contributed by atoms with van der Waals surface area (Å²) in [6.45, 7) is 7.93. The smallest absolute Gasteiger partial charge is 0.160 e. The van der Waals surface area contributed by atoms with Gasteiger partial charge in [-0.25, -0.2) is 0 Å². The number of aliphatic hydroxyl groups excluding tert-OH is 1. The van der Waals surface area contributed by atoms with Crippen LogP contribution in [0.1, 0.15) is 37.1 Å². The Labute approximate surface area is 144 Å². The van der Waals surface area contributed by atoms with Crippen LogP contribution in [0, 0.1) is 0 Å². The molecule has 0 bridgehead atoms. The summed E-state index contributed by atoms with van der Waals surface area (Å²) in [5, 5.41) is 10.6. The minimum atomic E-state index is -1.08. The Kier molecular flexibility index (Phi) is 6.47. The molecule has 0 saturated heterocycles. The SMILES string of the molecule is C=CCN(C(c1ccccc1)C(O)C(C)=O)[C@H](C)c1ccccc1. The van der Waals surface area contributed by atoms with Crippen molar-refractivity contribution in [3.8, 4) is 0 Å². The molecular weight excluding hydrogens is 298 g/mol. The zero-order valence-electron chi connectivity index (χ0n) is 14.3. The van der Waals surface area contributed by atoms with E-state index in [2.05, 4.69) is 30.5 Å². The molecule has 0 aliphatic heterocycles. The fourth-order valence-electron chi connectivity index (χ4n) is 3.01. The van der Waals surface area contributed by atoms with Crippen molar-refractivity contribution in [3.63, 3.8) is 0 Å². The maximum Gasteiger partial charge on any atom is 0.160 e. The van der Waals surface area contributed by atoms with Gasteiger partial charge in [0.05, 0.1) is 6.04 Å². The summed E-state index contributed by atoms with van der Waals surface area (Å²) in [6, 6.07) is 19.4. The van der Waals surface area contributed by atoms with Gasteiger partial charge in [-0.1, -0.05) is 66.7 Å². The van der Waals surface area contributed by atoms with E-state index in [4.69, 9.17) is 0 Å². The molecule has 0 aliphatic carbocycles. The molecule has 126 valence electrons. The summed E-state index contributed by atoms with van der Waals surface area (Å²) in [4.78, 5) is 14.0. The van der Waals surface area contributed by atoms with Crippen LogP contribution in [0.2, 0.25) is 0 Å². The van der Waals surface area contributed by atoms with Crippen molar-refractivity contribution >= 4 is 5.78 Å². The highest BCUT2D eigenvalue weighted by Gasteiger charge is 2.33. The molecule has 3 nitrogen and oxygen atoms in total. The molecule has 2 aromatic rings. The van der Waals surface area contributed by atoms with E-state index in [0.717, 1.165) is 11.1 Å². The number of hydrogen-bond donors (Lipinski definition) is 1. The summed E-state index contributed by atoms with van der Waals surface area (Å²) in [5.74, 6) is -0.238. The van der Waals surface area contributed by atoms with Gasteiger partial charge in [-0.05, 0) is 25.0 Å². The monoisotopic (exact) mass is 323 g/mol. The first-order valence-corrected chi connectivity index (χ1v) is 8.21. The summed E-state index contributed by atoms with van der Waals surface area (Å²) in [5.41, 5.74) is 2.06. The predicted molar refractivity (Wildman–Crippen MR) is 97.6 cm³/mol. The number of carbonyl (C=O) groups excluding carboxylic acids is 1. The van der Waals surface area contributed by atoms with Gasteiger partial charge in [0, 0.05) is 12.6 Å². The molecule has 0 amide bonds. The maximum absolute atomic E-state index is 11.9. The number of Topliss-reactive ketones (excluding diaryl/α,β-unsaturated/α-hetero) is 1.